The molecule has 106 valence electrons. The first kappa shape index (κ1) is 14.2. The van der Waals surface area contributed by atoms with Crippen LogP contribution in [-0.4, -0.2) is 11.9 Å². The van der Waals surface area contributed by atoms with Gasteiger partial charge in [0.15, 0.2) is 5.76 Å². The van der Waals surface area contributed by atoms with Crippen molar-refractivity contribution in [3.05, 3.63) is 23.7 Å². The van der Waals surface area contributed by atoms with Gasteiger partial charge in [-0.05, 0) is 43.2 Å². The van der Waals surface area contributed by atoms with Crippen molar-refractivity contribution < 1.29 is 9.21 Å². The van der Waals surface area contributed by atoms with Crippen molar-refractivity contribution in [1.29, 1.82) is 0 Å². The third kappa shape index (κ3) is 3.40. The molecule has 2 rings (SSSR count). The topological polar surface area (TPSA) is 42.2 Å². The predicted molar refractivity (Wildman–Crippen MR) is 76.1 cm³/mol. The van der Waals surface area contributed by atoms with Gasteiger partial charge in [0.2, 0.25) is 0 Å². The zero-order valence-corrected chi connectivity index (χ0v) is 12.5. The highest BCUT2D eigenvalue weighted by molar-refractivity contribution is 5.91. The van der Waals surface area contributed by atoms with Gasteiger partial charge in [-0.3, -0.25) is 4.79 Å². The summed E-state index contributed by atoms with van der Waals surface area (Å²) in [6.07, 6.45) is 4.75. The van der Waals surface area contributed by atoms with E-state index in [1.54, 1.807) is 6.07 Å². The van der Waals surface area contributed by atoms with Gasteiger partial charge in [0.1, 0.15) is 5.76 Å². The number of nitrogens with one attached hydrogen (secondary N) is 1. The van der Waals surface area contributed by atoms with Crippen LogP contribution >= 0.6 is 0 Å². The van der Waals surface area contributed by atoms with Gasteiger partial charge in [-0.1, -0.05) is 33.6 Å². The highest BCUT2D eigenvalue weighted by Crippen LogP contribution is 2.38. The van der Waals surface area contributed by atoms with Gasteiger partial charge in [0.25, 0.3) is 5.91 Å². The normalized spacial score (nSPS) is 24.2. The molecule has 1 amide bonds. The van der Waals surface area contributed by atoms with Crippen molar-refractivity contribution in [2.75, 3.05) is 0 Å². The van der Waals surface area contributed by atoms with Crippen LogP contribution in [0.2, 0.25) is 0 Å². The lowest BCUT2D eigenvalue weighted by Gasteiger charge is -2.40. The third-order valence-corrected chi connectivity index (χ3v) is 4.16. The number of carbonyl (C=O) groups excluding carboxylic acids is 1. The second-order valence-corrected chi connectivity index (χ2v) is 6.75. The standard InChI is InChI=1S/C16H25NO2/c1-11-9-10-14(19-11)15(18)17-13-8-6-5-7-12(13)16(2,3)4/h9-10,12-13H,5-8H2,1-4H3,(H,17,18)/t12-,13+/m1/s1. The lowest BCUT2D eigenvalue weighted by atomic mass is 9.69. The summed E-state index contributed by atoms with van der Waals surface area (Å²) in [5.74, 6) is 1.67. The van der Waals surface area contributed by atoms with Gasteiger partial charge in [-0.2, -0.15) is 0 Å². The largest absolute Gasteiger partial charge is 0.456 e. The van der Waals surface area contributed by atoms with Crippen LogP contribution < -0.4 is 5.32 Å². The molecule has 1 aromatic rings. The Balaban J connectivity index is 2.05. The van der Waals surface area contributed by atoms with Gasteiger partial charge in [0.05, 0.1) is 0 Å². The SMILES string of the molecule is Cc1ccc(C(=O)N[C@H]2CCCC[C@H]2C(C)(C)C)o1. The highest BCUT2D eigenvalue weighted by Gasteiger charge is 2.35. The molecule has 0 aliphatic heterocycles. The molecule has 0 bridgehead atoms. The average Bonchev–Trinajstić information content (AvgIpc) is 2.75. The van der Waals surface area contributed by atoms with Crippen molar-refractivity contribution in [3.63, 3.8) is 0 Å². The molecule has 0 spiro atoms. The Morgan fingerprint density at radius 3 is 2.53 bits per heavy atom. The molecule has 0 radical (unpaired) electrons. The Hall–Kier alpha value is -1.25. The Kier molecular flexibility index (Phi) is 4.02. The monoisotopic (exact) mass is 263 g/mol. The molecule has 1 heterocycles. The van der Waals surface area contributed by atoms with E-state index in [0.29, 0.717) is 11.7 Å². The van der Waals surface area contributed by atoms with Gasteiger partial charge in [0, 0.05) is 6.04 Å². The number of rotatable bonds is 2. The van der Waals surface area contributed by atoms with E-state index in [-0.39, 0.29) is 17.4 Å². The summed E-state index contributed by atoms with van der Waals surface area (Å²) in [5, 5.41) is 3.17. The zero-order valence-electron chi connectivity index (χ0n) is 12.5. The fourth-order valence-electron chi connectivity index (χ4n) is 3.14. The maximum atomic E-state index is 12.2. The summed E-state index contributed by atoms with van der Waals surface area (Å²) in [6, 6.07) is 3.85. The lowest BCUT2D eigenvalue weighted by Crippen LogP contribution is -2.46. The van der Waals surface area contributed by atoms with E-state index in [1.807, 2.05) is 13.0 Å². The number of amides is 1. The first-order chi connectivity index (χ1) is 8.88. The van der Waals surface area contributed by atoms with Crippen LogP contribution in [0.4, 0.5) is 0 Å². The van der Waals surface area contributed by atoms with Crippen LogP contribution in [0.3, 0.4) is 0 Å². The number of hydrogen-bond donors (Lipinski definition) is 1. The number of aryl methyl sites for hydroxylation is 1. The average molecular weight is 263 g/mol. The van der Waals surface area contributed by atoms with E-state index >= 15 is 0 Å². The fraction of sp³-hybridized carbons (Fsp3) is 0.688. The quantitative estimate of drug-likeness (QED) is 0.878. The molecule has 1 aliphatic rings. The second kappa shape index (κ2) is 5.40. The predicted octanol–water partition coefficient (Wildman–Crippen LogP) is 3.92. The zero-order chi connectivity index (χ0) is 14.0. The van der Waals surface area contributed by atoms with Crippen LogP contribution in [0, 0.1) is 18.3 Å². The second-order valence-electron chi connectivity index (χ2n) is 6.75. The molecule has 1 N–H and O–H groups in total. The van der Waals surface area contributed by atoms with Crippen molar-refractivity contribution in [1.82, 2.24) is 5.32 Å². The third-order valence-electron chi connectivity index (χ3n) is 4.16. The summed E-state index contributed by atoms with van der Waals surface area (Å²) in [6.45, 7) is 8.65. The van der Waals surface area contributed by atoms with Crippen LogP contribution in [0.15, 0.2) is 16.5 Å². The number of hydrogen-bond acceptors (Lipinski definition) is 2. The van der Waals surface area contributed by atoms with Crippen molar-refractivity contribution in [2.24, 2.45) is 11.3 Å². The molecule has 0 unspecified atom stereocenters. The number of carbonyl (C=O) groups is 1. The summed E-state index contributed by atoms with van der Waals surface area (Å²) in [4.78, 5) is 12.2. The smallest absolute Gasteiger partial charge is 0.287 e. The first-order valence-electron chi connectivity index (χ1n) is 7.25. The van der Waals surface area contributed by atoms with Crippen LogP contribution in [-0.2, 0) is 0 Å². The van der Waals surface area contributed by atoms with Gasteiger partial charge in [-0.15, -0.1) is 0 Å². The summed E-state index contributed by atoms with van der Waals surface area (Å²) < 4.78 is 5.40. The molecular weight excluding hydrogens is 238 g/mol. The molecule has 3 nitrogen and oxygen atoms in total. The number of furan rings is 1. The van der Waals surface area contributed by atoms with E-state index in [0.717, 1.165) is 12.2 Å². The summed E-state index contributed by atoms with van der Waals surface area (Å²) in [7, 11) is 0. The molecular formula is C16H25NO2. The molecule has 1 aliphatic carbocycles. The van der Waals surface area contributed by atoms with Crippen LogP contribution in [0.1, 0.15) is 62.8 Å². The molecule has 1 saturated carbocycles. The maximum Gasteiger partial charge on any atom is 0.287 e. The maximum absolute atomic E-state index is 12.2. The molecule has 1 aromatic heterocycles. The van der Waals surface area contributed by atoms with Crippen molar-refractivity contribution in [2.45, 2.75) is 59.4 Å². The van der Waals surface area contributed by atoms with Crippen molar-refractivity contribution >= 4 is 5.91 Å². The van der Waals surface area contributed by atoms with E-state index in [1.165, 1.54) is 19.3 Å². The van der Waals surface area contributed by atoms with E-state index in [2.05, 4.69) is 26.1 Å². The Bertz CT molecular complexity index is 442. The lowest BCUT2D eigenvalue weighted by molar-refractivity contribution is 0.0803. The van der Waals surface area contributed by atoms with E-state index in [9.17, 15) is 4.79 Å². The molecule has 0 saturated heterocycles. The molecule has 19 heavy (non-hydrogen) atoms. The first-order valence-corrected chi connectivity index (χ1v) is 7.25. The molecule has 2 atom stereocenters. The van der Waals surface area contributed by atoms with Crippen LogP contribution in [0.25, 0.3) is 0 Å². The molecule has 0 aromatic carbocycles. The minimum atomic E-state index is -0.0748. The molecule has 1 fully saturated rings. The van der Waals surface area contributed by atoms with Crippen molar-refractivity contribution in [3.8, 4) is 0 Å². The Morgan fingerprint density at radius 2 is 1.95 bits per heavy atom. The highest BCUT2D eigenvalue weighted by atomic mass is 16.3. The van der Waals surface area contributed by atoms with Gasteiger partial charge < -0.3 is 9.73 Å². The fourth-order valence-corrected chi connectivity index (χ4v) is 3.14. The van der Waals surface area contributed by atoms with Gasteiger partial charge >= 0.3 is 0 Å². The Labute approximate surface area is 115 Å². The molecule has 3 heteroatoms. The minimum Gasteiger partial charge on any atom is -0.456 e. The summed E-state index contributed by atoms with van der Waals surface area (Å²) >= 11 is 0. The van der Waals surface area contributed by atoms with E-state index in [4.69, 9.17) is 4.42 Å². The van der Waals surface area contributed by atoms with Crippen LogP contribution in [0.5, 0.6) is 0 Å². The summed E-state index contributed by atoms with van der Waals surface area (Å²) in [5.41, 5.74) is 0.234. The van der Waals surface area contributed by atoms with E-state index < -0.39 is 0 Å². The Morgan fingerprint density at radius 1 is 1.26 bits per heavy atom. The van der Waals surface area contributed by atoms with Gasteiger partial charge in [-0.25, -0.2) is 0 Å². The minimum absolute atomic E-state index is 0.0748.